The van der Waals surface area contributed by atoms with Gasteiger partial charge >= 0.3 is 0 Å². The van der Waals surface area contributed by atoms with Crippen molar-refractivity contribution in [2.24, 2.45) is 0 Å². The Bertz CT molecular complexity index is 296. The van der Waals surface area contributed by atoms with Crippen LogP contribution in [0, 0.1) is 0 Å². The van der Waals surface area contributed by atoms with Crippen LogP contribution >= 0.6 is 0 Å². The fourth-order valence-corrected chi connectivity index (χ4v) is 4.38. The molecule has 2 nitrogen and oxygen atoms in total. The minimum absolute atomic E-state index is 0.0414. The van der Waals surface area contributed by atoms with E-state index < -0.39 is 0 Å². The lowest BCUT2D eigenvalue weighted by molar-refractivity contribution is -0.148. The summed E-state index contributed by atoms with van der Waals surface area (Å²) in [6, 6.07) is 0. The zero-order chi connectivity index (χ0) is 23.4. The largest absolute Gasteiger partial charge is 0.353 e. The summed E-state index contributed by atoms with van der Waals surface area (Å²) in [4.78, 5) is 0. The third-order valence-corrected chi connectivity index (χ3v) is 6.65. The van der Waals surface area contributed by atoms with Crippen molar-refractivity contribution in [2.45, 2.75) is 181 Å². The number of rotatable bonds is 28. The number of ether oxygens (including phenoxy) is 2. The van der Waals surface area contributed by atoms with E-state index in [9.17, 15) is 0 Å². The number of hydrogen-bond acceptors (Lipinski definition) is 2. The van der Waals surface area contributed by atoms with Gasteiger partial charge in [0.2, 0.25) is 0 Å². The van der Waals surface area contributed by atoms with Crippen molar-refractivity contribution < 1.29 is 9.47 Å². The van der Waals surface area contributed by atoms with Gasteiger partial charge in [0.15, 0.2) is 6.29 Å². The van der Waals surface area contributed by atoms with Crippen LogP contribution in [0.15, 0.2) is 0 Å². The first-order chi connectivity index (χ1) is 15.8. The Hall–Kier alpha value is -0.0800. The fraction of sp³-hybridized carbons (Fsp3) is 1.00. The Morgan fingerprint density at radius 1 is 0.344 bits per heavy atom. The summed E-state index contributed by atoms with van der Waals surface area (Å²) in [6.45, 7) is 8.63. The van der Waals surface area contributed by atoms with E-state index in [0.717, 1.165) is 19.6 Å². The van der Waals surface area contributed by atoms with Crippen LogP contribution < -0.4 is 0 Å². The molecule has 194 valence electrons. The normalized spacial score (nSPS) is 11.6. The summed E-state index contributed by atoms with van der Waals surface area (Å²) in [7, 11) is 0. The van der Waals surface area contributed by atoms with E-state index in [1.807, 2.05) is 0 Å². The standard InChI is InChI=1S/C30H62O2/c1-4-7-10-13-16-19-22-25-28-31-30(27-24-21-18-15-12-9-6-3)32-29-26-23-20-17-14-11-8-5-2/h30H,4-29H2,1-3H3. The molecule has 2 heteroatoms. The fourth-order valence-electron chi connectivity index (χ4n) is 4.38. The molecule has 32 heavy (non-hydrogen) atoms. The highest BCUT2D eigenvalue weighted by molar-refractivity contribution is 4.53. The third kappa shape index (κ3) is 26.2. The topological polar surface area (TPSA) is 18.5 Å². The van der Waals surface area contributed by atoms with Crippen molar-refractivity contribution in [3.8, 4) is 0 Å². The maximum absolute atomic E-state index is 6.18. The second-order valence-electron chi connectivity index (χ2n) is 10.0. The Labute approximate surface area is 204 Å². The molecule has 0 radical (unpaired) electrons. The van der Waals surface area contributed by atoms with Crippen LogP contribution in [0.4, 0.5) is 0 Å². The molecule has 0 amide bonds. The van der Waals surface area contributed by atoms with Gasteiger partial charge in [-0.2, -0.15) is 0 Å². The van der Waals surface area contributed by atoms with Gasteiger partial charge < -0.3 is 9.47 Å². The lowest BCUT2D eigenvalue weighted by Gasteiger charge is -2.19. The van der Waals surface area contributed by atoms with Gasteiger partial charge in [0, 0.05) is 13.2 Å². The maximum Gasteiger partial charge on any atom is 0.157 e. The van der Waals surface area contributed by atoms with Crippen molar-refractivity contribution in [3.63, 3.8) is 0 Å². The number of unbranched alkanes of at least 4 members (excludes halogenated alkanes) is 20. The molecule has 0 unspecified atom stereocenters. The van der Waals surface area contributed by atoms with Crippen LogP contribution in [0.3, 0.4) is 0 Å². The molecule has 0 spiro atoms. The van der Waals surface area contributed by atoms with Crippen LogP contribution in [0.1, 0.15) is 175 Å². The van der Waals surface area contributed by atoms with Crippen molar-refractivity contribution in [2.75, 3.05) is 13.2 Å². The lowest BCUT2D eigenvalue weighted by Crippen LogP contribution is -2.19. The average Bonchev–Trinajstić information content (AvgIpc) is 2.80. The Morgan fingerprint density at radius 2 is 0.625 bits per heavy atom. The molecule has 0 heterocycles. The Kier molecular flexibility index (Phi) is 28.9. The van der Waals surface area contributed by atoms with E-state index in [2.05, 4.69) is 20.8 Å². The molecule has 0 saturated carbocycles. The van der Waals surface area contributed by atoms with Gasteiger partial charge in [0.1, 0.15) is 0 Å². The molecule has 0 aromatic carbocycles. The Balaban J connectivity index is 3.82. The van der Waals surface area contributed by atoms with E-state index in [4.69, 9.17) is 9.47 Å². The summed E-state index contributed by atoms with van der Waals surface area (Å²) in [5.74, 6) is 0. The molecule has 0 fully saturated rings. The van der Waals surface area contributed by atoms with Crippen molar-refractivity contribution >= 4 is 0 Å². The summed E-state index contributed by atoms with van der Waals surface area (Å²) < 4.78 is 12.4. The van der Waals surface area contributed by atoms with E-state index >= 15 is 0 Å². The summed E-state index contributed by atoms with van der Waals surface area (Å²) >= 11 is 0. The highest BCUT2D eigenvalue weighted by Crippen LogP contribution is 2.15. The molecule has 0 aromatic rings. The predicted molar refractivity (Wildman–Crippen MR) is 144 cm³/mol. The highest BCUT2D eigenvalue weighted by Gasteiger charge is 2.09. The zero-order valence-electron chi connectivity index (χ0n) is 22.8. The minimum Gasteiger partial charge on any atom is -0.353 e. The molecule has 0 atom stereocenters. The predicted octanol–water partition coefficient (Wildman–Crippen LogP) is 10.8. The van der Waals surface area contributed by atoms with E-state index in [0.29, 0.717) is 0 Å². The summed E-state index contributed by atoms with van der Waals surface area (Å²) in [6.07, 6.45) is 32.3. The van der Waals surface area contributed by atoms with Gasteiger partial charge in [-0.05, 0) is 25.7 Å². The first-order valence-electron chi connectivity index (χ1n) is 15.1. The smallest absolute Gasteiger partial charge is 0.157 e. The summed E-state index contributed by atoms with van der Waals surface area (Å²) in [5.41, 5.74) is 0. The van der Waals surface area contributed by atoms with E-state index in [1.54, 1.807) is 0 Å². The van der Waals surface area contributed by atoms with Crippen molar-refractivity contribution in [3.05, 3.63) is 0 Å². The van der Waals surface area contributed by atoms with Gasteiger partial charge in [-0.3, -0.25) is 0 Å². The third-order valence-electron chi connectivity index (χ3n) is 6.65. The minimum atomic E-state index is 0.0414. The van der Waals surface area contributed by atoms with Crippen LogP contribution in [-0.2, 0) is 9.47 Å². The van der Waals surface area contributed by atoms with Gasteiger partial charge in [-0.25, -0.2) is 0 Å². The molecular weight excluding hydrogens is 392 g/mol. The Morgan fingerprint density at radius 3 is 0.969 bits per heavy atom. The average molecular weight is 455 g/mol. The monoisotopic (exact) mass is 454 g/mol. The van der Waals surface area contributed by atoms with Crippen molar-refractivity contribution in [1.82, 2.24) is 0 Å². The van der Waals surface area contributed by atoms with Gasteiger partial charge in [0.25, 0.3) is 0 Å². The lowest BCUT2D eigenvalue weighted by atomic mass is 10.1. The van der Waals surface area contributed by atoms with Gasteiger partial charge in [-0.15, -0.1) is 0 Å². The van der Waals surface area contributed by atoms with Gasteiger partial charge in [0.05, 0.1) is 0 Å². The quantitative estimate of drug-likeness (QED) is 0.0864. The van der Waals surface area contributed by atoms with E-state index in [1.165, 1.54) is 148 Å². The molecule has 0 aliphatic heterocycles. The molecule has 0 N–H and O–H groups in total. The van der Waals surface area contributed by atoms with Crippen LogP contribution in [-0.4, -0.2) is 19.5 Å². The van der Waals surface area contributed by atoms with Crippen LogP contribution in [0.5, 0.6) is 0 Å². The molecule has 0 rings (SSSR count). The maximum atomic E-state index is 6.18. The second-order valence-corrected chi connectivity index (χ2v) is 10.0. The first-order valence-corrected chi connectivity index (χ1v) is 15.1. The number of hydrogen-bond donors (Lipinski definition) is 0. The van der Waals surface area contributed by atoms with Crippen molar-refractivity contribution in [1.29, 1.82) is 0 Å². The van der Waals surface area contributed by atoms with Crippen LogP contribution in [0.25, 0.3) is 0 Å². The van der Waals surface area contributed by atoms with Crippen LogP contribution in [0.2, 0.25) is 0 Å². The van der Waals surface area contributed by atoms with Gasteiger partial charge in [-0.1, -0.05) is 149 Å². The summed E-state index contributed by atoms with van der Waals surface area (Å²) in [5, 5.41) is 0. The molecule has 0 aromatic heterocycles. The highest BCUT2D eigenvalue weighted by atomic mass is 16.7. The molecule has 0 aliphatic rings. The molecule has 0 bridgehead atoms. The second kappa shape index (κ2) is 29.0. The molecule has 0 saturated heterocycles. The van der Waals surface area contributed by atoms with E-state index in [-0.39, 0.29) is 6.29 Å². The zero-order valence-corrected chi connectivity index (χ0v) is 22.8. The molecule has 0 aliphatic carbocycles. The SMILES string of the molecule is CCCCCCCCCCOC(CCCCCCCCC)OCCCCCCCCCC. The first kappa shape index (κ1) is 31.9. The molecular formula is C30H62O2.